The molecule has 0 aliphatic carbocycles. The summed E-state index contributed by atoms with van der Waals surface area (Å²) in [6.07, 6.45) is 3.69. The second-order valence-corrected chi connectivity index (χ2v) is 6.94. The highest BCUT2D eigenvalue weighted by Crippen LogP contribution is 2.18. The van der Waals surface area contributed by atoms with Crippen molar-refractivity contribution in [1.29, 1.82) is 0 Å². The summed E-state index contributed by atoms with van der Waals surface area (Å²) in [6, 6.07) is 7.63. The molecule has 0 spiro atoms. The lowest BCUT2D eigenvalue weighted by Gasteiger charge is -2.28. The highest BCUT2D eigenvalue weighted by molar-refractivity contribution is 5.89. The number of aryl methyl sites for hydroxylation is 3. The van der Waals surface area contributed by atoms with Crippen molar-refractivity contribution in [3.8, 4) is 0 Å². The zero-order chi connectivity index (χ0) is 18.5. The summed E-state index contributed by atoms with van der Waals surface area (Å²) in [4.78, 5) is 23.6. The lowest BCUT2D eigenvalue weighted by molar-refractivity contribution is 0.251. The van der Waals surface area contributed by atoms with Crippen molar-refractivity contribution in [3.05, 3.63) is 46.9 Å². The van der Waals surface area contributed by atoms with Gasteiger partial charge in [-0.2, -0.15) is 0 Å². The minimum Gasteiger partial charge on any atom is -0.357 e. The number of amides is 2. The first-order valence-electron chi connectivity index (χ1n) is 9.23. The van der Waals surface area contributed by atoms with E-state index in [4.69, 9.17) is 0 Å². The van der Waals surface area contributed by atoms with Gasteiger partial charge in [-0.25, -0.2) is 14.8 Å². The Hall–Kier alpha value is -2.63. The lowest BCUT2D eigenvalue weighted by Crippen LogP contribution is -2.32. The molecule has 26 heavy (non-hydrogen) atoms. The van der Waals surface area contributed by atoms with Crippen molar-refractivity contribution < 1.29 is 4.79 Å². The average molecular weight is 353 g/mol. The molecule has 138 valence electrons. The fourth-order valence-corrected chi connectivity index (χ4v) is 3.13. The van der Waals surface area contributed by atoms with Crippen molar-refractivity contribution in [3.63, 3.8) is 0 Å². The van der Waals surface area contributed by atoms with Crippen LogP contribution in [0, 0.1) is 20.8 Å². The van der Waals surface area contributed by atoms with Gasteiger partial charge in [-0.05, 0) is 63.3 Å². The Labute approximate surface area is 155 Å². The zero-order valence-electron chi connectivity index (χ0n) is 15.8. The molecule has 6 heteroatoms. The van der Waals surface area contributed by atoms with Crippen LogP contribution in [0.4, 0.5) is 16.3 Å². The number of rotatable bonds is 4. The van der Waals surface area contributed by atoms with Gasteiger partial charge in [0.1, 0.15) is 11.6 Å². The van der Waals surface area contributed by atoms with E-state index in [1.165, 1.54) is 24.8 Å². The first-order valence-corrected chi connectivity index (χ1v) is 9.23. The number of carbonyl (C=O) groups excluding carboxylic acids is 1. The van der Waals surface area contributed by atoms with E-state index in [1.54, 1.807) is 0 Å². The van der Waals surface area contributed by atoms with Crippen molar-refractivity contribution in [2.75, 3.05) is 23.3 Å². The van der Waals surface area contributed by atoms with Gasteiger partial charge in [-0.1, -0.05) is 6.07 Å². The predicted octanol–water partition coefficient (Wildman–Crippen LogP) is 3.71. The summed E-state index contributed by atoms with van der Waals surface area (Å²) in [5.74, 6) is 1.60. The molecule has 0 bridgehead atoms. The molecule has 2 amide bonds. The molecule has 2 aromatic rings. The number of hydrogen-bond acceptors (Lipinski definition) is 4. The largest absolute Gasteiger partial charge is 0.357 e. The number of benzene rings is 1. The topological polar surface area (TPSA) is 70.2 Å². The van der Waals surface area contributed by atoms with Crippen LogP contribution in [-0.2, 0) is 6.54 Å². The summed E-state index contributed by atoms with van der Waals surface area (Å²) >= 11 is 0. The molecule has 1 aromatic heterocycles. The molecule has 1 aromatic carbocycles. The summed E-state index contributed by atoms with van der Waals surface area (Å²) in [6.45, 7) is 8.43. The minimum absolute atomic E-state index is 0.252. The molecule has 3 rings (SSSR count). The van der Waals surface area contributed by atoms with E-state index in [1.807, 2.05) is 45.0 Å². The molecule has 0 unspecified atom stereocenters. The van der Waals surface area contributed by atoms with Crippen LogP contribution in [0.3, 0.4) is 0 Å². The van der Waals surface area contributed by atoms with Crippen molar-refractivity contribution in [2.45, 2.75) is 46.6 Å². The van der Waals surface area contributed by atoms with Crippen molar-refractivity contribution in [1.82, 2.24) is 15.3 Å². The normalized spacial score (nSPS) is 14.2. The first-order chi connectivity index (χ1) is 12.5. The maximum absolute atomic E-state index is 12.2. The van der Waals surface area contributed by atoms with E-state index < -0.39 is 0 Å². The number of piperidine rings is 1. The van der Waals surface area contributed by atoms with E-state index in [9.17, 15) is 4.79 Å². The van der Waals surface area contributed by atoms with Crippen molar-refractivity contribution in [2.24, 2.45) is 0 Å². The molecule has 1 aliphatic rings. The van der Waals surface area contributed by atoms with Gasteiger partial charge < -0.3 is 15.5 Å². The number of hydrogen-bond donors (Lipinski definition) is 2. The van der Waals surface area contributed by atoms with E-state index in [-0.39, 0.29) is 6.03 Å². The van der Waals surface area contributed by atoms with E-state index in [0.717, 1.165) is 35.9 Å². The van der Waals surface area contributed by atoms with Gasteiger partial charge in [0.25, 0.3) is 0 Å². The van der Waals surface area contributed by atoms with Crippen LogP contribution in [0.15, 0.2) is 24.3 Å². The Morgan fingerprint density at radius 3 is 2.54 bits per heavy atom. The molecular formula is C20H27N5O. The maximum Gasteiger partial charge on any atom is 0.319 e. The molecular weight excluding hydrogens is 326 g/mol. The van der Waals surface area contributed by atoms with Crippen LogP contribution in [0.2, 0.25) is 0 Å². The second-order valence-electron chi connectivity index (χ2n) is 6.94. The summed E-state index contributed by atoms with van der Waals surface area (Å²) in [5.41, 5.74) is 4.06. The lowest BCUT2D eigenvalue weighted by atomic mass is 10.1. The molecule has 0 atom stereocenters. The van der Waals surface area contributed by atoms with Gasteiger partial charge in [-0.15, -0.1) is 0 Å². The third-order valence-electron chi connectivity index (χ3n) is 4.74. The van der Waals surface area contributed by atoms with Gasteiger partial charge in [0.05, 0.1) is 6.54 Å². The standard InChI is InChI=1S/C20H27N5O/c1-14-7-8-17(11-15(14)2)23-20(26)21-13-18-22-16(3)12-19(24-18)25-9-5-4-6-10-25/h7-8,11-12H,4-6,9-10,13H2,1-3H3,(H2,21,23,26). The Bertz CT molecular complexity index is 784. The highest BCUT2D eigenvalue weighted by Gasteiger charge is 2.14. The maximum atomic E-state index is 12.2. The van der Waals surface area contributed by atoms with Crippen LogP contribution in [0.5, 0.6) is 0 Å². The smallest absolute Gasteiger partial charge is 0.319 e. The van der Waals surface area contributed by atoms with Gasteiger partial charge in [-0.3, -0.25) is 0 Å². The quantitative estimate of drug-likeness (QED) is 0.879. The molecule has 0 saturated carbocycles. The summed E-state index contributed by atoms with van der Waals surface area (Å²) in [7, 11) is 0. The van der Waals surface area contributed by atoms with E-state index >= 15 is 0 Å². The summed E-state index contributed by atoms with van der Waals surface area (Å²) in [5, 5.41) is 5.70. The number of nitrogens with zero attached hydrogens (tertiary/aromatic N) is 3. The number of anilines is 2. The molecule has 2 heterocycles. The molecule has 1 aliphatic heterocycles. The molecule has 0 radical (unpaired) electrons. The average Bonchev–Trinajstić information content (AvgIpc) is 2.63. The SMILES string of the molecule is Cc1cc(N2CCCCC2)nc(CNC(=O)Nc2ccc(C)c(C)c2)n1. The third-order valence-corrected chi connectivity index (χ3v) is 4.74. The minimum atomic E-state index is -0.252. The number of aromatic nitrogens is 2. The zero-order valence-corrected chi connectivity index (χ0v) is 15.8. The Kier molecular flexibility index (Phi) is 5.71. The van der Waals surface area contributed by atoms with E-state index in [2.05, 4.69) is 25.5 Å². The van der Waals surface area contributed by atoms with Crippen molar-refractivity contribution >= 4 is 17.5 Å². The Morgan fingerprint density at radius 1 is 1.04 bits per heavy atom. The van der Waals surface area contributed by atoms with Crippen LogP contribution < -0.4 is 15.5 Å². The predicted molar refractivity (Wildman–Crippen MR) is 105 cm³/mol. The molecule has 2 N–H and O–H groups in total. The number of urea groups is 1. The molecule has 1 fully saturated rings. The summed E-state index contributed by atoms with van der Waals surface area (Å²) < 4.78 is 0. The van der Waals surface area contributed by atoms with Gasteiger partial charge in [0.2, 0.25) is 0 Å². The first kappa shape index (κ1) is 18.2. The third kappa shape index (κ3) is 4.71. The second kappa shape index (κ2) is 8.17. The number of carbonyl (C=O) groups is 1. The highest BCUT2D eigenvalue weighted by atomic mass is 16.2. The fourth-order valence-electron chi connectivity index (χ4n) is 3.13. The Balaban J connectivity index is 1.60. The van der Waals surface area contributed by atoms with E-state index in [0.29, 0.717) is 12.4 Å². The van der Waals surface area contributed by atoms with Crippen LogP contribution in [0.1, 0.15) is 41.9 Å². The van der Waals surface area contributed by atoms with Gasteiger partial charge >= 0.3 is 6.03 Å². The Morgan fingerprint density at radius 2 is 1.81 bits per heavy atom. The van der Waals surface area contributed by atoms with Crippen LogP contribution in [0.25, 0.3) is 0 Å². The molecule has 1 saturated heterocycles. The fraction of sp³-hybridized carbons (Fsp3) is 0.450. The van der Waals surface area contributed by atoms with Crippen LogP contribution >= 0.6 is 0 Å². The van der Waals surface area contributed by atoms with Crippen LogP contribution in [-0.4, -0.2) is 29.1 Å². The monoisotopic (exact) mass is 353 g/mol. The molecule has 6 nitrogen and oxygen atoms in total. The van der Waals surface area contributed by atoms with Gasteiger partial charge in [0, 0.05) is 30.5 Å². The van der Waals surface area contributed by atoms with Gasteiger partial charge in [0.15, 0.2) is 0 Å². The number of nitrogens with one attached hydrogen (secondary N) is 2.